The smallest absolute Gasteiger partial charge is 0.204 e. The highest BCUT2D eigenvalue weighted by Crippen LogP contribution is 2.25. The van der Waals surface area contributed by atoms with E-state index in [0.29, 0.717) is 21.2 Å². The molecule has 4 heteroatoms. The zero-order valence-corrected chi connectivity index (χ0v) is 10.1. The van der Waals surface area contributed by atoms with Gasteiger partial charge in [0.05, 0.1) is 17.0 Å². The Bertz CT molecular complexity index is 506. The van der Waals surface area contributed by atoms with Crippen molar-refractivity contribution in [3.63, 3.8) is 0 Å². The van der Waals surface area contributed by atoms with Gasteiger partial charge in [0.2, 0.25) is 5.78 Å². The second kappa shape index (κ2) is 4.68. The topological polar surface area (TPSA) is 26.3 Å². The lowest BCUT2D eigenvalue weighted by molar-refractivity contribution is 0.104. The Morgan fingerprint density at radius 1 is 1.38 bits per heavy atom. The third-order valence-electron chi connectivity index (χ3n) is 2.17. The molecule has 0 aliphatic heterocycles. The minimum atomic E-state index is -0.0531. The van der Waals surface area contributed by atoms with Crippen molar-refractivity contribution < 1.29 is 9.53 Å². The molecule has 0 bridgehead atoms. The summed E-state index contributed by atoms with van der Waals surface area (Å²) < 4.78 is 5.03. The standard InChI is InChI=1S/C12H9ClO2S/c1-15-8-4-5-9(10(13)7-8)12(14)11-3-2-6-16-11/h2-7H,1H3. The molecule has 0 amide bonds. The van der Waals surface area contributed by atoms with Crippen molar-refractivity contribution >= 4 is 28.7 Å². The zero-order chi connectivity index (χ0) is 11.5. The molecule has 82 valence electrons. The highest BCUT2D eigenvalue weighted by atomic mass is 35.5. The molecule has 0 spiro atoms. The number of thiophene rings is 1. The number of methoxy groups -OCH3 is 1. The van der Waals surface area contributed by atoms with E-state index in [-0.39, 0.29) is 5.78 Å². The van der Waals surface area contributed by atoms with Crippen LogP contribution in [-0.4, -0.2) is 12.9 Å². The fourth-order valence-electron chi connectivity index (χ4n) is 1.35. The molecule has 0 atom stereocenters. The molecule has 0 saturated carbocycles. The van der Waals surface area contributed by atoms with Crippen LogP contribution >= 0.6 is 22.9 Å². The maximum atomic E-state index is 12.0. The highest BCUT2D eigenvalue weighted by Gasteiger charge is 2.13. The molecule has 0 aliphatic rings. The van der Waals surface area contributed by atoms with Crippen molar-refractivity contribution in [2.75, 3.05) is 7.11 Å². The van der Waals surface area contributed by atoms with Crippen LogP contribution in [-0.2, 0) is 0 Å². The average molecular weight is 253 g/mol. The molecule has 1 heterocycles. The summed E-state index contributed by atoms with van der Waals surface area (Å²) in [5.41, 5.74) is 0.505. The van der Waals surface area contributed by atoms with Gasteiger partial charge in [0.15, 0.2) is 0 Å². The highest BCUT2D eigenvalue weighted by molar-refractivity contribution is 7.12. The molecule has 16 heavy (non-hydrogen) atoms. The molecule has 2 rings (SSSR count). The van der Waals surface area contributed by atoms with Crippen molar-refractivity contribution in [1.29, 1.82) is 0 Å². The molecular formula is C12H9ClO2S. The van der Waals surface area contributed by atoms with E-state index in [1.165, 1.54) is 11.3 Å². The van der Waals surface area contributed by atoms with Crippen molar-refractivity contribution in [3.8, 4) is 5.75 Å². The van der Waals surface area contributed by atoms with E-state index in [4.69, 9.17) is 16.3 Å². The normalized spacial score (nSPS) is 10.1. The van der Waals surface area contributed by atoms with Crippen LogP contribution in [0.3, 0.4) is 0 Å². The Morgan fingerprint density at radius 2 is 2.19 bits per heavy atom. The van der Waals surface area contributed by atoms with Gasteiger partial charge < -0.3 is 4.74 Å². The van der Waals surface area contributed by atoms with Crippen LogP contribution in [0.2, 0.25) is 5.02 Å². The lowest BCUT2D eigenvalue weighted by Crippen LogP contribution is -1.99. The van der Waals surface area contributed by atoms with Gasteiger partial charge in [0.1, 0.15) is 5.75 Å². The van der Waals surface area contributed by atoms with Gasteiger partial charge in [0, 0.05) is 5.56 Å². The summed E-state index contributed by atoms with van der Waals surface area (Å²) in [7, 11) is 1.56. The fourth-order valence-corrected chi connectivity index (χ4v) is 2.28. The maximum Gasteiger partial charge on any atom is 0.204 e. The number of rotatable bonds is 3. The quantitative estimate of drug-likeness (QED) is 0.780. The lowest BCUT2D eigenvalue weighted by atomic mass is 10.1. The Morgan fingerprint density at radius 3 is 2.75 bits per heavy atom. The molecule has 1 aromatic carbocycles. The second-order valence-corrected chi connectivity index (χ2v) is 4.51. The Hall–Kier alpha value is -1.32. The predicted octanol–water partition coefficient (Wildman–Crippen LogP) is 3.64. The number of hydrogen-bond donors (Lipinski definition) is 0. The Labute approximate surface area is 102 Å². The van der Waals surface area contributed by atoms with Crippen molar-refractivity contribution in [1.82, 2.24) is 0 Å². The number of ketones is 1. The molecule has 1 aromatic heterocycles. The minimum absolute atomic E-state index is 0.0531. The molecule has 0 saturated heterocycles. The number of hydrogen-bond acceptors (Lipinski definition) is 3. The monoisotopic (exact) mass is 252 g/mol. The van der Waals surface area contributed by atoms with Crippen molar-refractivity contribution in [2.24, 2.45) is 0 Å². The van der Waals surface area contributed by atoms with E-state index in [1.807, 2.05) is 11.4 Å². The number of halogens is 1. The van der Waals surface area contributed by atoms with Crippen molar-refractivity contribution in [2.45, 2.75) is 0 Å². The molecule has 0 N–H and O–H groups in total. The van der Waals surface area contributed by atoms with Crippen LogP contribution in [0, 0.1) is 0 Å². The molecule has 2 nitrogen and oxygen atoms in total. The van der Waals surface area contributed by atoms with E-state index in [0.717, 1.165) is 0 Å². The summed E-state index contributed by atoms with van der Waals surface area (Å²) in [4.78, 5) is 12.7. The summed E-state index contributed by atoms with van der Waals surface area (Å²) in [6.07, 6.45) is 0. The molecule has 2 aromatic rings. The zero-order valence-electron chi connectivity index (χ0n) is 8.57. The van der Waals surface area contributed by atoms with E-state index in [2.05, 4.69) is 0 Å². The molecule has 0 unspecified atom stereocenters. The van der Waals surface area contributed by atoms with Crippen LogP contribution < -0.4 is 4.74 Å². The maximum absolute atomic E-state index is 12.0. The largest absolute Gasteiger partial charge is 0.497 e. The van der Waals surface area contributed by atoms with E-state index in [9.17, 15) is 4.79 Å². The number of ether oxygens (including phenoxy) is 1. The van der Waals surface area contributed by atoms with Crippen molar-refractivity contribution in [3.05, 3.63) is 51.2 Å². The SMILES string of the molecule is COc1ccc(C(=O)c2cccs2)c(Cl)c1. The number of benzene rings is 1. The number of carbonyl (C=O) groups excluding carboxylic acids is 1. The first-order valence-electron chi connectivity index (χ1n) is 4.64. The summed E-state index contributed by atoms with van der Waals surface area (Å²) >= 11 is 7.43. The van der Waals surface area contributed by atoms with Gasteiger partial charge in [-0.2, -0.15) is 0 Å². The van der Waals surface area contributed by atoms with Gasteiger partial charge in [-0.25, -0.2) is 0 Å². The molecular weight excluding hydrogens is 244 g/mol. The van der Waals surface area contributed by atoms with Crippen LogP contribution in [0.15, 0.2) is 35.7 Å². The predicted molar refractivity (Wildman–Crippen MR) is 65.8 cm³/mol. The number of carbonyl (C=O) groups is 1. The Balaban J connectivity index is 2.38. The van der Waals surface area contributed by atoms with Gasteiger partial charge >= 0.3 is 0 Å². The summed E-state index contributed by atoms with van der Waals surface area (Å²) in [5.74, 6) is 0.593. The lowest BCUT2D eigenvalue weighted by Gasteiger charge is -2.04. The first kappa shape index (κ1) is 11.2. The van der Waals surface area contributed by atoms with E-state index in [1.54, 1.807) is 31.4 Å². The summed E-state index contributed by atoms with van der Waals surface area (Å²) in [6, 6.07) is 8.68. The average Bonchev–Trinajstić information content (AvgIpc) is 2.81. The molecule has 0 radical (unpaired) electrons. The van der Waals surface area contributed by atoms with Crippen LogP contribution in [0.4, 0.5) is 0 Å². The third kappa shape index (κ3) is 2.10. The van der Waals surface area contributed by atoms with E-state index >= 15 is 0 Å². The van der Waals surface area contributed by atoms with Gasteiger partial charge in [-0.05, 0) is 29.6 Å². The van der Waals surface area contributed by atoms with Gasteiger partial charge in [-0.3, -0.25) is 4.79 Å². The first-order chi connectivity index (χ1) is 7.72. The fraction of sp³-hybridized carbons (Fsp3) is 0.0833. The third-order valence-corrected chi connectivity index (χ3v) is 3.35. The summed E-state index contributed by atoms with van der Waals surface area (Å²) in [6.45, 7) is 0. The van der Waals surface area contributed by atoms with Gasteiger partial charge in [-0.1, -0.05) is 17.7 Å². The van der Waals surface area contributed by atoms with E-state index < -0.39 is 0 Å². The van der Waals surface area contributed by atoms with Gasteiger partial charge in [0.25, 0.3) is 0 Å². The Kier molecular flexibility index (Phi) is 3.27. The van der Waals surface area contributed by atoms with Crippen LogP contribution in [0.5, 0.6) is 5.75 Å². The molecule has 0 aliphatic carbocycles. The van der Waals surface area contributed by atoms with Gasteiger partial charge in [-0.15, -0.1) is 11.3 Å². The summed E-state index contributed by atoms with van der Waals surface area (Å²) in [5, 5.41) is 2.28. The van der Waals surface area contributed by atoms with Crippen LogP contribution in [0.1, 0.15) is 15.2 Å². The first-order valence-corrected chi connectivity index (χ1v) is 5.90. The molecule has 0 fully saturated rings. The van der Waals surface area contributed by atoms with Crippen LogP contribution in [0.25, 0.3) is 0 Å². The second-order valence-electron chi connectivity index (χ2n) is 3.15. The minimum Gasteiger partial charge on any atom is -0.497 e.